The number of carbonyl (C=O) groups excluding carboxylic acids is 1. The van der Waals surface area contributed by atoms with Crippen LogP contribution in [0.4, 0.5) is 10.5 Å². The minimum atomic E-state index is -0.377. The number of urea groups is 1. The molecule has 1 saturated heterocycles. The first-order valence-electron chi connectivity index (χ1n) is 12.2. The zero-order chi connectivity index (χ0) is 22.9. The van der Waals surface area contributed by atoms with E-state index in [-0.39, 0.29) is 11.6 Å². The molecule has 1 saturated carbocycles. The van der Waals surface area contributed by atoms with Crippen LogP contribution >= 0.6 is 11.6 Å². The molecule has 5 rings (SSSR count). The lowest BCUT2D eigenvalue weighted by Crippen LogP contribution is -2.52. The summed E-state index contributed by atoms with van der Waals surface area (Å²) in [6.45, 7) is 6.98. The largest absolute Gasteiger partial charge is 0.459 e. The Morgan fingerprint density at radius 1 is 1.16 bits per heavy atom. The molecule has 6 nitrogen and oxygen atoms in total. The van der Waals surface area contributed by atoms with Gasteiger partial charge in [0.25, 0.3) is 0 Å². The number of anilines is 1. The standard InChI is InChI=1S/C23H31ClN4O2.C2H6/c1-27(2)16-6-10-28(11-7-16)14-17-12-15-13-18(24)20-19(21(15)30-17)23(26-22(29)25-20)8-4-3-5-9-23;1-2/h12-13,16H,3-11,14H2,1-2H3,(H2,25,26,29);1-2H3. The van der Waals surface area contributed by atoms with Gasteiger partial charge in [-0.3, -0.25) is 4.90 Å². The van der Waals surface area contributed by atoms with Gasteiger partial charge in [0, 0.05) is 30.1 Å². The summed E-state index contributed by atoms with van der Waals surface area (Å²) in [5.41, 5.74) is 2.27. The lowest BCUT2D eigenvalue weighted by atomic mass is 9.74. The number of halogens is 1. The van der Waals surface area contributed by atoms with E-state index in [0.29, 0.717) is 11.1 Å². The molecule has 176 valence electrons. The van der Waals surface area contributed by atoms with E-state index in [4.69, 9.17) is 16.0 Å². The summed E-state index contributed by atoms with van der Waals surface area (Å²) >= 11 is 6.64. The molecule has 2 aromatic rings. The molecule has 1 spiro atoms. The van der Waals surface area contributed by atoms with E-state index in [1.165, 1.54) is 19.3 Å². The highest BCUT2D eigenvalue weighted by atomic mass is 35.5. The van der Waals surface area contributed by atoms with Gasteiger partial charge in [-0.25, -0.2) is 4.79 Å². The third-order valence-electron chi connectivity index (χ3n) is 7.25. The highest BCUT2D eigenvalue weighted by Gasteiger charge is 2.43. The average molecular weight is 461 g/mol. The van der Waals surface area contributed by atoms with Crippen molar-refractivity contribution >= 4 is 34.3 Å². The number of hydrogen-bond acceptors (Lipinski definition) is 4. The van der Waals surface area contributed by atoms with Crippen LogP contribution in [0.25, 0.3) is 11.0 Å². The molecule has 2 aliphatic heterocycles. The summed E-state index contributed by atoms with van der Waals surface area (Å²) in [6.07, 6.45) is 7.63. The number of hydrogen-bond donors (Lipinski definition) is 2. The number of likely N-dealkylation sites (tertiary alicyclic amines) is 1. The second kappa shape index (κ2) is 9.62. The molecule has 2 N–H and O–H groups in total. The number of furan rings is 1. The number of piperidine rings is 1. The Kier molecular flexibility index (Phi) is 7.03. The van der Waals surface area contributed by atoms with Gasteiger partial charge in [0.2, 0.25) is 0 Å². The van der Waals surface area contributed by atoms with Crippen LogP contribution in [0.3, 0.4) is 0 Å². The lowest BCUT2D eigenvalue weighted by Gasteiger charge is -2.42. The molecule has 0 atom stereocenters. The van der Waals surface area contributed by atoms with Crippen LogP contribution in [0.1, 0.15) is 70.1 Å². The number of rotatable bonds is 3. The first-order valence-corrected chi connectivity index (χ1v) is 12.6. The SMILES string of the molecule is CC.CN(C)C1CCN(Cc2cc3cc(Cl)c4c(c3o2)C2(CCCCC2)NC(=O)N4)CC1. The van der Waals surface area contributed by atoms with Crippen molar-refractivity contribution in [2.45, 2.75) is 76.9 Å². The van der Waals surface area contributed by atoms with Gasteiger partial charge in [-0.1, -0.05) is 44.7 Å². The van der Waals surface area contributed by atoms with Crippen LogP contribution in [0.5, 0.6) is 0 Å². The molecule has 3 heterocycles. The van der Waals surface area contributed by atoms with Crippen LogP contribution in [-0.4, -0.2) is 49.1 Å². The van der Waals surface area contributed by atoms with Gasteiger partial charge in [-0.2, -0.15) is 0 Å². The van der Waals surface area contributed by atoms with Gasteiger partial charge in [0.1, 0.15) is 11.3 Å². The molecule has 1 aromatic carbocycles. The average Bonchev–Trinajstić information content (AvgIpc) is 3.17. The highest BCUT2D eigenvalue weighted by Crippen LogP contribution is 2.49. The van der Waals surface area contributed by atoms with Crippen LogP contribution < -0.4 is 10.6 Å². The number of carbonyl (C=O) groups is 1. The molecular weight excluding hydrogens is 424 g/mol. The van der Waals surface area contributed by atoms with Crippen LogP contribution in [0.15, 0.2) is 16.5 Å². The first-order chi connectivity index (χ1) is 15.4. The van der Waals surface area contributed by atoms with Crippen molar-refractivity contribution in [1.82, 2.24) is 15.1 Å². The molecule has 1 aliphatic carbocycles. The fraction of sp³-hybridized carbons (Fsp3) is 0.640. The maximum Gasteiger partial charge on any atom is 0.319 e. The Labute approximate surface area is 196 Å². The molecule has 0 unspecified atom stereocenters. The second-order valence-electron chi connectivity index (χ2n) is 9.43. The van der Waals surface area contributed by atoms with Crippen LogP contribution in [0.2, 0.25) is 5.02 Å². The van der Waals surface area contributed by atoms with Crippen molar-refractivity contribution in [3.05, 3.63) is 28.5 Å². The summed E-state index contributed by atoms with van der Waals surface area (Å²) in [6, 6.07) is 4.57. The summed E-state index contributed by atoms with van der Waals surface area (Å²) in [5, 5.41) is 7.79. The Morgan fingerprint density at radius 2 is 1.84 bits per heavy atom. The summed E-state index contributed by atoms with van der Waals surface area (Å²) < 4.78 is 6.46. The predicted octanol–water partition coefficient (Wildman–Crippen LogP) is 5.93. The number of benzene rings is 1. The first kappa shape index (κ1) is 23.4. The fourth-order valence-corrected chi connectivity index (χ4v) is 5.89. The molecular formula is C25H37ClN4O2. The van der Waals surface area contributed by atoms with Crippen LogP contribution in [0, 0.1) is 0 Å². The predicted molar refractivity (Wildman–Crippen MR) is 131 cm³/mol. The number of nitrogens with zero attached hydrogens (tertiary/aromatic N) is 2. The van der Waals surface area contributed by atoms with Gasteiger partial charge >= 0.3 is 6.03 Å². The van der Waals surface area contributed by atoms with E-state index in [1.54, 1.807) is 0 Å². The summed E-state index contributed by atoms with van der Waals surface area (Å²) in [7, 11) is 4.33. The van der Waals surface area contributed by atoms with Gasteiger partial charge in [0.05, 0.1) is 22.8 Å². The Morgan fingerprint density at radius 3 is 2.50 bits per heavy atom. The van der Waals surface area contributed by atoms with E-state index < -0.39 is 0 Å². The lowest BCUT2D eigenvalue weighted by molar-refractivity contribution is 0.134. The highest BCUT2D eigenvalue weighted by molar-refractivity contribution is 6.35. The minimum Gasteiger partial charge on any atom is -0.459 e. The van der Waals surface area contributed by atoms with Crippen molar-refractivity contribution in [2.24, 2.45) is 0 Å². The molecule has 32 heavy (non-hydrogen) atoms. The normalized spacial score (nSPS) is 21.1. The van der Waals surface area contributed by atoms with Gasteiger partial charge < -0.3 is 20.0 Å². The molecule has 7 heteroatoms. The van der Waals surface area contributed by atoms with Gasteiger partial charge in [-0.05, 0) is 51.9 Å². The van der Waals surface area contributed by atoms with E-state index in [2.05, 4.69) is 40.6 Å². The third-order valence-corrected chi connectivity index (χ3v) is 7.55. The smallest absolute Gasteiger partial charge is 0.319 e. The van der Waals surface area contributed by atoms with Gasteiger partial charge in [-0.15, -0.1) is 0 Å². The molecule has 3 aliphatic rings. The molecule has 2 fully saturated rings. The van der Waals surface area contributed by atoms with Gasteiger partial charge in [0.15, 0.2) is 0 Å². The topological polar surface area (TPSA) is 60.8 Å². The van der Waals surface area contributed by atoms with E-state index in [1.807, 2.05) is 19.9 Å². The fourth-order valence-electron chi connectivity index (χ4n) is 5.63. The van der Waals surface area contributed by atoms with Crippen molar-refractivity contribution in [2.75, 3.05) is 32.5 Å². The van der Waals surface area contributed by atoms with Crippen molar-refractivity contribution < 1.29 is 9.21 Å². The Bertz CT molecular complexity index is 956. The Balaban J connectivity index is 0.00000119. The van der Waals surface area contributed by atoms with Crippen molar-refractivity contribution in [3.63, 3.8) is 0 Å². The number of nitrogens with one attached hydrogen (secondary N) is 2. The molecule has 0 radical (unpaired) electrons. The monoisotopic (exact) mass is 460 g/mol. The number of amides is 2. The summed E-state index contributed by atoms with van der Waals surface area (Å²) in [5.74, 6) is 0.973. The third kappa shape index (κ3) is 4.37. The maximum absolute atomic E-state index is 12.4. The molecule has 2 amide bonds. The van der Waals surface area contributed by atoms with Crippen molar-refractivity contribution in [3.8, 4) is 0 Å². The number of fused-ring (bicyclic) bond motifs is 4. The van der Waals surface area contributed by atoms with Crippen LogP contribution in [-0.2, 0) is 12.1 Å². The maximum atomic E-state index is 12.4. The molecule has 1 aromatic heterocycles. The van der Waals surface area contributed by atoms with E-state index in [9.17, 15) is 4.79 Å². The zero-order valence-electron chi connectivity index (χ0n) is 19.9. The Hall–Kier alpha value is -1.76. The summed E-state index contributed by atoms with van der Waals surface area (Å²) in [4.78, 5) is 17.2. The zero-order valence-corrected chi connectivity index (χ0v) is 20.6. The quantitative estimate of drug-likeness (QED) is 0.595. The van der Waals surface area contributed by atoms with Crippen molar-refractivity contribution in [1.29, 1.82) is 0 Å². The molecule has 0 bridgehead atoms. The van der Waals surface area contributed by atoms with E-state index in [0.717, 1.165) is 73.3 Å². The minimum absolute atomic E-state index is 0.166. The van der Waals surface area contributed by atoms with E-state index >= 15 is 0 Å². The second-order valence-corrected chi connectivity index (χ2v) is 9.84.